The summed E-state index contributed by atoms with van der Waals surface area (Å²) in [5.41, 5.74) is 3.19. The second-order valence-corrected chi connectivity index (χ2v) is 5.98. The quantitative estimate of drug-likeness (QED) is 0.884. The maximum absolute atomic E-state index is 12.1. The van der Waals surface area contributed by atoms with E-state index in [1.807, 2.05) is 26.8 Å². The molecule has 4 nitrogen and oxygen atoms in total. The molecule has 2 N–H and O–H groups in total. The molecular weight excluding hydrogens is 290 g/mol. The maximum Gasteiger partial charge on any atom is 0.336 e. The predicted octanol–water partition coefficient (Wildman–Crippen LogP) is 3.75. The summed E-state index contributed by atoms with van der Waals surface area (Å²) in [5.74, 6) is -0.680. The molecule has 2 aromatic carbocycles. The zero-order chi connectivity index (χ0) is 17.0. The highest BCUT2D eigenvalue weighted by Crippen LogP contribution is 2.27. The number of hydrogen-bond acceptors (Lipinski definition) is 2. The molecule has 2 rings (SSSR count). The van der Waals surface area contributed by atoms with Crippen LogP contribution in [0.5, 0.6) is 0 Å². The Balaban J connectivity index is 2.34. The van der Waals surface area contributed by atoms with Gasteiger partial charge in [0.2, 0.25) is 0 Å². The number of carboxylic acids is 1. The molecule has 0 saturated heterocycles. The van der Waals surface area contributed by atoms with Crippen molar-refractivity contribution in [2.75, 3.05) is 6.54 Å². The van der Waals surface area contributed by atoms with E-state index in [-0.39, 0.29) is 11.5 Å². The molecular formula is C19H21NO3. The Labute approximate surface area is 136 Å². The largest absolute Gasteiger partial charge is 0.478 e. The van der Waals surface area contributed by atoms with Crippen LogP contribution in [0.3, 0.4) is 0 Å². The molecule has 0 atom stereocenters. The number of hydrogen-bond donors (Lipinski definition) is 2. The van der Waals surface area contributed by atoms with Crippen molar-refractivity contribution in [3.63, 3.8) is 0 Å². The van der Waals surface area contributed by atoms with Gasteiger partial charge >= 0.3 is 5.97 Å². The number of benzene rings is 2. The van der Waals surface area contributed by atoms with E-state index >= 15 is 0 Å². The van der Waals surface area contributed by atoms with Gasteiger partial charge in [-0.05, 0) is 47.7 Å². The molecule has 23 heavy (non-hydrogen) atoms. The van der Waals surface area contributed by atoms with Crippen LogP contribution < -0.4 is 5.32 Å². The first-order chi connectivity index (χ1) is 10.9. The van der Waals surface area contributed by atoms with Crippen LogP contribution in [0.25, 0.3) is 11.1 Å². The molecule has 0 aliphatic heterocycles. The van der Waals surface area contributed by atoms with E-state index < -0.39 is 5.97 Å². The third kappa shape index (κ3) is 3.97. The van der Waals surface area contributed by atoms with E-state index in [2.05, 4.69) is 5.32 Å². The molecule has 1 amide bonds. The summed E-state index contributed by atoms with van der Waals surface area (Å²) < 4.78 is 0. The van der Waals surface area contributed by atoms with Gasteiger partial charge in [-0.3, -0.25) is 4.79 Å². The van der Waals surface area contributed by atoms with Crippen LogP contribution in [-0.4, -0.2) is 23.5 Å². The standard InChI is InChI=1S/C19H21NO3/c1-12(2)11-20-18(21)14-8-9-15(13(3)10-14)16-6-4-5-7-17(16)19(22)23/h4-10,12H,11H2,1-3H3,(H,20,21)(H,22,23). The first-order valence-electron chi connectivity index (χ1n) is 7.61. The molecule has 2 aromatic rings. The summed E-state index contributed by atoms with van der Waals surface area (Å²) in [7, 11) is 0. The summed E-state index contributed by atoms with van der Waals surface area (Å²) in [5, 5.41) is 12.2. The number of carbonyl (C=O) groups is 2. The van der Waals surface area contributed by atoms with Gasteiger partial charge in [0.25, 0.3) is 5.91 Å². The molecule has 0 heterocycles. The summed E-state index contributed by atoms with van der Waals surface area (Å²) in [6, 6.07) is 12.2. The summed E-state index contributed by atoms with van der Waals surface area (Å²) in [6.07, 6.45) is 0. The Hall–Kier alpha value is -2.62. The van der Waals surface area contributed by atoms with Crippen LogP contribution in [-0.2, 0) is 0 Å². The highest BCUT2D eigenvalue weighted by Gasteiger charge is 2.14. The van der Waals surface area contributed by atoms with Gasteiger partial charge < -0.3 is 10.4 Å². The third-order valence-corrected chi connectivity index (χ3v) is 3.61. The lowest BCUT2D eigenvalue weighted by atomic mass is 9.94. The molecule has 0 unspecified atom stereocenters. The van der Waals surface area contributed by atoms with Gasteiger partial charge in [0, 0.05) is 12.1 Å². The maximum atomic E-state index is 12.1. The van der Waals surface area contributed by atoms with Crippen molar-refractivity contribution in [1.29, 1.82) is 0 Å². The molecule has 4 heteroatoms. The number of aromatic carboxylic acids is 1. The lowest BCUT2D eigenvalue weighted by molar-refractivity contribution is 0.0697. The molecule has 0 aliphatic rings. The van der Waals surface area contributed by atoms with E-state index in [9.17, 15) is 14.7 Å². The number of rotatable bonds is 5. The van der Waals surface area contributed by atoms with Crippen LogP contribution in [0.15, 0.2) is 42.5 Å². The summed E-state index contributed by atoms with van der Waals surface area (Å²) in [4.78, 5) is 23.5. The van der Waals surface area contributed by atoms with Crippen LogP contribution in [0.1, 0.15) is 40.1 Å². The Bertz CT molecular complexity index is 735. The fourth-order valence-corrected chi connectivity index (χ4v) is 2.41. The number of amides is 1. The van der Waals surface area contributed by atoms with Gasteiger partial charge in [0.1, 0.15) is 0 Å². The SMILES string of the molecule is Cc1cc(C(=O)NCC(C)C)ccc1-c1ccccc1C(=O)O. The van der Waals surface area contributed by atoms with E-state index in [1.165, 1.54) is 0 Å². The average molecular weight is 311 g/mol. The number of aryl methyl sites for hydroxylation is 1. The number of carbonyl (C=O) groups excluding carboxylic acids is 1. The van der Waals surface area contributed by atoms with Crippen LogP contribution in [0.2, 0.25) is 0 Å². The fourth-order valence-electron chi connectivity index (χ4n) is 2.41. The lowest BCUT2D eigenvalue weighted by Crippen LogP contribution is -2.27. The van der Waals surface area contributed by atoms with E-state index in [1.54, 1.807) is 36.4 Å². The van der Waals surface area contributed by atoms with Crippen LogP contribution >= 0.6 is 0 Å². The van der Waals surface area contributed by atoms with E-state index in [4.69, 9.17) is 0 Å². The van der Waals surface area contributed by atoms with Crippen LogP contribution in [0, 0.1) is 12.8 Å². The molecule has 0 aromatic heterocycles. The van der Waals surface area contributed by atoms with Crippen LogP contribution in [0.4, 0.5) is 0 Å². The number of nitrogens with one attached hydrogen (secondary N) is 1. The Morgan fingerprint density at radius 1 is 1.09 bits per heavy atom. The zero-order valence-electron chi connectivity index (χ0n) is 13.6. The van der Waals surface area contributed by atoms with Crippen molar-refractivity contribution < 1.29 is 14.7 Å². The van der Waals surface area contributed by atoms with Gasteiger partial charge in [-0.2, -0.15) is 0 Å². The summed E-state index contributed by atoms with van der Waals surface area (Å²) in [6.45, 7) is 6.59. The predicted molar refractivity (Wildman–Crippen MR) is 90.7 cm³/mol. The highest BCUT2D eigenvalue weighted by atomic mass is 16.4. The van der Waals surface area contributed by atoms with E-state index in [0.29, 0.717) is 23.6 Å². The smallest absolute Gasteiger partial charge is 0.336 e. The minimum atomic E-state index is -0.959. The lowest BCUT2D eigenvalue weighted by Gasteiger charge is -2.12. The summed E-state index contributed by atoms with van der Waals surface area (Å²) >= 11 is 0. The van der Waals surface area contributed by atoms with Gasteiger partial charge in [-0.15, -0.1) is 0 Å². The van der Waals surface area contributed by atoms with Crippen molar-refractivity contribution in [2.24, 2.45) is 5.92 Å². The van der Waals surface area contributed by atoms with Gasteiger partial charge in [-0.1, -0.05) is 38.1 Å². The fraction of sp³-hybridized carbons (Fsp3) is 0.263. The Morgan fingerprint density at radius 2 is 1.78 bits per heavy atom. The van der Waals surface area contributed by atoms with Crippen molar-refractivity contribution in [3.8, 4) is 11.1 Å². The van der Waals surface area contributed by atoms with E-state index in [0.717, 1.165) is 11.1 Å². The third-order valence-electron chi connectivity index (χ3n) is 3.61. The average Bonchev–Trinajstić information content (AvgIpc) is 2.52. The monoisotopic (exact) mass is 311 g/mol. The zero-order valence-corrected chi connectivity index (χ0v) is 13.6. The molecule has 0 fully saturated rings. The first kappa shape index (κ1) is 16.7. The first-order valence-corrected chi connectivity index (χ1v) is 7.61. The van der Waals surface area contributed by atoms with Crippen molar-refractivity contribution in [3.05, 3.63) is 59.2 Å². The second kappa shape index (κ2) is 7.09. The highest BCUT2D eigenvalue weighted by molar-refractivity contribution is 5.98. The Kier molecular flexibility index (Phi) is 5.16. The van der Waals surface area contributed by atoms with Crippen molar-refractivity contribution >= 4 is 11.9 Å². The van der Waals surface area contributed by atoms with Gasteiger partial charge in [-0.25, -0.2) is 4.79 Å². The molecule has 0 radical (unpaired) electrons. The topological polar surface area (TPSA) is 66.4 Å². The molecule has 120 valence electrons. The Morgan fingerprint density at radius 3 is 2.39 bits per heavy atom. The normalized spacial score (nSPS) is 10.6. The van der Waals surface area contributed by atoms with Crippen molar-refractivity contribution in [2.45, 2.75) is 20.8 Å². The van der Waals surface area contributed by atoms with Gasteiger partial charge in [0.15, 0.2) is 0 Å². The molecule has 0 aliphatic carbocycles. The van der Waals surface area contributed by atoms with Gasteiger partial charge in [0.05, 0.1) is 5.56 Å². The second-order valence-electron chi connectivity index (χ2n) is 5.98. The minimum Gasteiger partial charge on any atom is -0.478 e. The van der Waals surface area contributed by atoms with Crippen molar-refractivity contribution in [1.82, 2.24) is 5.32 Å². The number of carboxylic acid groups (broad SMARTS) is 1. The molecule has 0 bridgehead atoms. The molecule has 0 spiro atoms. The minimum absolute atomic E-state index is 0.111. The molecule has 0 saturated carbocycles.